The quantitative estimate of drug-likeness (QED) is 0.810. The van der Waals surface area contributed by atoms with Crippen molar-refractivity contribution in [3.05, 3.63) is 35.9 Å². The molecule has 0 aliphatic rings. The maximum atomic E-state index is 11.7. The molecule has 0 heterocycles. The number of hydrogen-bond donors (Lipinski definition) is 2. The van der Waals surface area contributed by atoms with Gasteiger partial charge < -0.3 is 20.1 Å². The first-order valence-electron chi connectivity index (χ1n) is 6.34. The van der Waals surface area contributed by atoms with Gasteiger partial charge in [-0.1, -0.05) is 30.3 Å². The minimum Gasteiger partial charge on any atom is -0.480 e. The maximum absolute atomic E-state index is 11.7. The number of rotatable bonds is 6. The number of carbonyl (C=O) groups excluding carboxylic acids is 2. The number of amides is 2. The number of carbonyl (C=O) groups is 3. The van der Waals surface area contributed by atoms with Crippen molar-refractivity contribution in [2.75, 3.05) is 13.6 Å². The summed E-state index contributed by atoms with van der Waals surface area (Å²) in [5.41, 5.74) is 0.836. The number of benzene rings is 1. The van der Waals surface area contributed by atoms with Crippen molar-refractivity contribution in [1.29, 1.82) is 0 Å². The van der Waals surface area contributed by atoms with E-state index in [0.29, 0.717) is 0 Å². The number of likely N-dealkylation sites (N-methyl/N-ethyl adjacent to an activating group) is 1. The Morgan fingerprint density at radius 2 is 1.90 bits per heavy atom. The summed E-state index contributed by atoms with van der Waals surface area (Å²) >= 11 is 0. The normalized spacial score (nSPS) is 11.3. The van der Waals surface area contributed by atoms with Crippen LogP contribution in [0.5, 0.6) is 0 Å². The average Bonchev–Trinajstić information content (AvgIpc) is 2.45. The third kappa shape index (κ3) is 5.94. The number of ether oxygens (including phenoxy) is 1. The molecule has 0 saturated heterocycles. The fraction of sp³-hybridized carbons (Fsp3) is 0.357. The molecule has 7 heteroatoms. The van der Waals surface area contributed by atoms with E-state index >= 15 is 0 Å². The zero-order valence-electron chi connectivity index (χ0n) is 11.9. The highest BCUT2D eigenvalue weighted by molar-refractivity contribution is 5.86. The van der Waals surface area contributed by atoms with Gasteiger partial charge in [0.2, 0.25) is 5.91 Å². The fourth-order valence-electron chi connectivity index (χ4n) is 1.46. The third-order valence-corrected chi connectivity index (χ3v) is 2.65. The Bertz CT molecular complexity index is 503. The Morgan fingerprint density at radius 3 is 2.48 bits per heavy atom. The van der Waals surface area contributed by atoms with E-state index < -0.39 is 24.0 Å². The molecule has 1 rings (SSSR count). The minimum atomic E-state index is -1.14. The van der Waals surface area contributed by atoms with Crippen LogP contribution in [-0.4, -0.2) is 47.6 Å². The number of nitrogens with one attached hydrogen (secondary N) is 1. The smallest absolute Gasteiger partial charge is 0.410 e. The number of carboxylic acid groups (broad SMARTS) is 1. The van der Waals surface area contributed by atoms with E-state index in [4.69, 9.17) is 9.84 Å². The lowest BCUT2D eigenvalue weighted by Crippen LogP contribution is -2.44. The molecule has 7 nitrogen and oxygen atoms in total. The molecule has 0 bridgehead atoms. The van der Waals surface area contributed by atoms with Crippen LogP contribution in [0.1, 0.15) is 12.5 Å². The van der Waals surface area contributed by atoms with Crippen LogP contribution in [0.15, 0.2) is 30.3 Å². The van der Waals surface area contributed by atoms with Crippen molar-refractivity contribution in [1.82, 2.24) is 10.2 Å². The lowest BCUT2D eigenvalue weighted by Gasteiger charge is -2.17. The molecule has 2 amide bonds. The van der Waals surface area contributed by atoms with Gasteiger partial charge in [-0.05, 0) is 12.5 Å². The second kappa shape index (κ2) is 7.88. The monoisotopic (exact) mass is 294 g/mol. The highest BCUT2D eigenvalue weighted by Gasteiger charge is 2.18. The molecule has 0 fully saturated rings. The van der Waals surface area contributed by atoms with E-state index in [-0.39, 0.29) is 13.2 Å². The average molecular weight is 294 g/mol. The summed E-state index contributed by atoms with van der Waals surface area (Å²) < 4.78 is 5.03. The molecule has 0 spiro atoms. The van der Waals surface area contributed by atoms with Gasteiger partial charge in [-0.15, -0.1) is 0 Å². The minimum absolute atomic E-state index is 0.108. The first-order valence-corrected chi connectivity index (χ1v) is 6.34. The van der Waals surface area contributed by atoms with Gasteiger partial charge in [0.25, 0.3) is 0 Å². The Balaban J connectivity index is 2.37. The van der Waals surface area contributed by atoms with Crippen molar-refractivity contribution < 1.29 is 24.2 Å². The first-order chi connectivity index (χ1) is 9.90. The van der Waals surface area contributed by atoms with Crippen LogP contribution in [0.2, 0.25) is 0 Å². The van der Waals surface area contributed by atoms with Gasteiger partial charge in [-0.25, -0.2) is 4.79 Å². The first kappa shape index (κ1) is 16.5. The standard InChI is InChI=1S/C14H18N2O5/c1-10(13(18)19)15-12(17)8-16(2)14(20)21-9-11-6-4-3-5-7-11/h3-7,10H,8-9H2,1-2H3,(H,15,17)(H,18,19)/t10-/m0/s1. The molecule has 0 aliphatic carbocycles. The molecule has 0 aromatic heterocycles. The van der Waals surface area contributed by atoms with Gasteiger partial charge >= 0.3 is 12.1 Å². The zero-order valence-corrected chi connectivity index (χ0v) is 11.9. The number of aliphatic carboxylic acids is 1. The van der Waals surface area contributed by atoms with Crippen LogP contribution < -0.4 is 5.32 Å². The van der Waals surface area contributed by atoms with Gasteiger partial charge in [-0.2, -0.15) is 0 Å². The molecular formula is C14H18N2O5. The highest BCUT2D eigenvalue weighted by atomic mass is 16.6. The molecule has 2 N–H and O–H groups in total. The molecule has 1 aromatic rings. The van der Waals surface area contributed by atoms with Crippen LogP contribution in [-0.2, 0) is 20.9 Å². The van der Waals surface area contributed by atoms with Crippen molar-refractivity contribution in [2.45, 2.75) is 19.6 Å². The van der Waals surface area contributed by atoms with E-state index in [0.717, 1.165) is 10.5 Å². The number of nitrogens with zero attached hydrogens (tertiary/aromatic N) is 1. The summed E-state index contributed by atoms with van der Waals surface area (Å²) in [6.07, 6.45) is -0.656. The van der Waals surface area contributed by atoms with E-state index in [9.17, 15) is 14.4 Å². The largest absolute Gasteiger partial charge is 0.480 e. The van der Waals surface area contributed by atoms with Crippen molar-refractivity contribution in [3.63, 3.8) is 0 Å². The molecule has 0 radical (unpaired) electrons. The van der Waals surface area contributed by atoms with Crippen molar-refractivity contribution in [2.24, 2.45) is 0 Å². The summed E-state index contributed by atoms with van der Waals surface area (Å²) in [5, 5.41) is 10.9. The van der Waals surface area contributed by atoms with Crippen LogP contribution >= 0.6 is 0 Å². The van der Waals surface area contributed by atoms with E-state index in [1.807, 2.05) is 30.3 Å². The molecular weight excluding hydrogens is 276 g/mol. The SMILES string of the molecule is C[C@H](NC(=O)CN(C)C(=O)OCc1ccccc1)C(=O)O. The Kier molecular flexibility index (Phi) is 6.19. The topological polar surface area (TPSA) is 95.9 Å². The summed E-state index contributed by atoms with van der Waals surface area (Å²) in [4.78, 5) is 34.9. The van der Waals surface area contributed by atoms with E-state index in [1.54, 1.807) is 0 Å². The maximum Gasteiger partial charge on any atom is 0.410 e. The lowest BCUT2D eigenvalue weighted by molar-refractivity contribution is -0.141. The molecule has 0 aliphatic heterocycles. The van der Waals surface area contributed by atoms with Crippen LogP contribution in [0.4, 0.5) is 4.79 Å². The van der Waals surface area contributed by atoms with Crippen LogP contribution in [0, 0.1) is 0 Å². The summed E-state index contributed by atoms with van der Waals surface area (Å²) in [6.45, 7) is 1.18. The molecule has 114 valence electrons. The fourth-order valence-corrected chi connectivity index (χ4v) is 1.46. The van der Waals surface area contributed by atoms with E-state index in [2.05, 4.69) is 5.32 Å². The van der Waals surface area contributed by atoms with Gasteiger partial charge in [-0.3, -0.25) is 9.59 Å². The predicted molar refractivity (Wildman–Crippen MR) is 74.5 cm³/mol. The number of carboxylic acids is 1. The Labute approximate surface area is 122 Å². The van der Waals surface area contributed by atoms with Crippen molar-refractivity contribution in [3.8, 4) is 0 Å². The highest BCUT2D eigenvalue weighted by Crippen LogP contribution is 2.02. The van der Waals surface area contributed by atoms with Gasteiger partial charge in [0.15, 0.2) is 0 Å². The van der Waals surface area contributed by atoms with Gasteiger partial charge in [0, 0.05) is 7.05 Å². The predicted octanol–water partition coefficient (Wildman–Crippen LogP) is 0.844. The summed E-state index contributed by atoms with van der Waals surface area (Å²) in [6, 6.07) is 8.13. The Morgan fingerprint density at radius 1 is 1.29 bits per heavy atom. The van der Waals surface area contributed by atoms with Gasteiger partial charge in [0.1, 0.15) is 19.2 Å². The zero-order chi connectivity index (χ0) is 15.8. The van der Waals surface area contributed by atoms with E-state index in [1.165, 1.54) is 14.0 Å². The number of hydrogen-bond acceptors (Lipinski definition) is 4. The van der Waals surface area contributed by atoms with Crippen LogP contribution in [0.3, 0.4) is 0 Å². The Hall–Kier alpha value is -2.57. The van der Waals surface area contributed by atoms with Crippen molar-refractivity contribution >= 4 is 18.0 Å². The third-order valence-electron chi connectivity index (χ3n) is 2.65. The molecule has 0 unspecified atom stereocenters. The molecule has 0 saturated carbocycles. The molecule has 1 aromatic carbocycles. The molecule has 21 heavy (non-hydrogen) atoms. The second-order valence-corrected chi connectivity index (χ2v) is 4.52. The lowest BCUT2D eigenvalue weighted by atomic mass is 10.2. The molecule has 1 atom stereocenters. The van der Waals surface area contributed by atoms with Gasteiger partial charge in [0.05, 0.1) is 0 Å². The van der Waals surface area contributed by atoms with Crippen LogP contribution in [0.25, 0.3) is 0 Å². The summed E-state index contributed by atoms with van der Waals surface area (Å²) in [7, 11) is 1.40. The second-order valence-electron chi connectivity index (χ2n) is 4.52. The summed E-state index contributed by atoms with van der Waals surface area (Å²) in [5.74, 6) is -1.71.